The van der Waals surface area contributed by atoms with E-state index in [1.54, 1.807) is 24.3 Å². The first-order chi connectivity index (χ1) is 8.56. The Labute approximate surface area is 104 Å². The third kappa shape index (κ3) is 2.66. The molecule has 3 nitrogen and oxygen atoms in total. The van der Waals surface area contributed by atoms with Crippen LogP contribution >= 0.6 is 0 Å². The molecule has 0 radical (unpaired) electrons. The number of carbonyl (C=O) groups is 1. The predicted octanol–water partition coefficient (Wildman–Crippen LogP) is 2.70. The van der Waals surface area contributed by atoms with Gasteiger partial charge >= 0.3 is 5.97 Å². The SMILES string of the molecule is Nc1cccc(-c2cc(CC(=O)O)ccc2F)c1. The van der Waals surface area contributed by atoms with Gasteiger partial charge in [-0.2, -0.15) is 0 Å². The Morgan fingerprint density at radius 3 is 2.67 bits per heavy atom. The van der Waals surface area contributed by atoms with Crippen LogP contribution in [0.3, 0.4) is 0 Å². The van der Waals surface area contributed by atoms with Crippen LogP contribution in [0.15, 0.2) is 42.5 Å². The summed E-state index contributed by atoms with van der Waals surface area (Å²) < 4.78 is 13.7. The number of aliphatic carboxylic acids is 1. The monoisotopic (exact) mass is 245 g/mol. The quantitative estimate of drug-likeness (QED) is 0.817. The lowest BCUT2D eigenvalue weighted by atomic mass is 10.0. The second-order valence-corrected chi connectivity index (χ2v) is 4.01. The summed E-state index contributed by atoms with van der Waals surface area (Å²) in [5, 5.41) is 8.73. The van der Waals surface area contributed by atoms with E-state index >= 15 is 0 Å². The number of carboxylic acids is 1. The lowest BCUT2D eigenvalue weighted by molar-refractivity contribution is -0.136. The van der Waals surface area contributed by atoms with Gasteiger partial charge in [0, 0.05) is 11.3 Å². The van der Waals surface area contributed by atoms with Crippen LogP contribution in [0.5, 0.6) is 0 Å². The van der Waals surface area contributed by atoms with Crippen molar-refractivity contribution in [1.82, 2.24) is 0 Å². The maximum absolute atomic E-state index is 13.7. The molecule has 0 aromatic heterocycles. The van der Waals surface area contributed by atoms with Crippen molar-refractivity contribution in [3.05, 3.63) is 53.8 Å². The van der Waals surface area contributed by atoms with Gasteiger partial charge in [0.15, 0.2) is 0 Å². The van der Waals surface area contributed by atoms with E-state index < -0.39 is 11.8 Å². The van der Waals surface area contributed by atoms with Gasteiger partial charge < -0.3 is 10.8 Å². The first kappa shape index (κ1) is 12.1. The van der Waals surface area contributed by atoms with Crippen LogP contribution < -0.4 is 5.73 Å². The van der Waals surface area contributed by atoms with Gasteiger partial charge in [0.1, 0.15) is 5.82 Å². The summed E-state index contributed by atoms with van der Waals surface area (Å²) in [5.41, 5.74) is 7.74. The number of hydrogen-bond donors (Lipinski definition) is 2. The molecule has 0 saturated heterocycles. The van der Waals surface area contributed by atoms with Gasteiger partial charge in [-0.25, -0.2) is 4.39 Å². The van der Waals surface area contributed by atoms with Gasteiger partial charge in [-0.15, -0.1) is 0 Å². The largest absolute Gasteiger partial charge is 0.481 e. The van der Waals surface area contributed by atoms with Gasteiger partial charge in [-0.3, -0.25) is 4.79 Å². The lowest BCUT2D eigenvalue weighted by Crippen LogP contribution is -2.00. The molecule has 2 aromatic rings. The van der Waals surface area contributed by atoms with Gasteiger partial charge in [-0.05, 0) is 35.4 Å². The molecule has 0 heterocycles. The van der Waals surface area contributed by atoms with Crippen molar-refractivity contribution in [2.24, 2.45) is 0 Å². The minimum Gasteiger partial charge on any atom is -0.481 e. The fourth-order valence-electron chi connectivity index (χ4n) is 1.78. The molecular weight excluding hydrogens is 233 g/mol. The molecule has 0 amide bonds. The molecular formula is C14H12FNO2. The first-order valence-electron chi connectivity index (χ1n) is 5.42. The molecule has 2 aromatic carbocycles. The van der Waals surface area contributed by atoms with E-state index in [0.717, 1.165) is 0 Å². The van der Waals surface area contributed by atoms with Crippen molar-refractivity contribution >= 4 is 11.7 Å². The van der Waals surface area contributed by atoms with Gasteiger partial charge in [0.2, 0.25) is 0 Å². The number of anilines is 1. The van der Waals surface area contributed by atoms with Crippen molar-refractivity contribution < 1.29 is 14.3 Å². The highest BCUT2D eigenvalue weighted by molar-refractivity contribution is 5.73. The molecule has 2 rings (SSSR count). The highest BCUT2D eigenvalue weighted by atomic mass is 19.1. The maximum Gasteiger partial charge on any atom is 0.307 e. The molecule has 0 atom stereocenters. The minimum absolute atomic E-state index is 0.129. The molecule has 92 valence electrons. The standard InChI is InChI=1S/C14H12FNO2/c15-13-5-4-9(7-14(17)18)6-12(13)10-2-1-3-11(16)8-10/h1-6,8H,7,16H2,(H,17,18). The van der Waals surface area contributed by atoms with Crippen LogP contribution in [-0.4, -0.2) is 11.1 Å². The summed E-state index contributed by atoms with van der Waals surface area (Å²) in [5.74, 6) is -1.34. The van der Waals surface area contributed by atoms with E-state index in [1.807, 2.05) is 0 Å². The number of halogens is 1. The Balaban J connectivity index is 2.46. The maximum atomic E-state index is 13.7. The number of hydrogen-bond acceptors (Lipinski definition) is 2. The van der Waals surface area contributed by atoms with E-state index in [9.17, 15) is 9.18 Å². The summed E-state index contributed by atoms with van der Waals surface area (Å²) in [4.78, 5) is 10.6. The van der Waals surface area contributed by atoms with Gasteiger partial charge in [0.25, 0.3) is 0 Å². The van der Waals surface area contributed by atoms with Crippen molar-refractivity contribution in [2.75, 3.05) is 5.73 Å². The van der Waals surface area contributed by atoms with Crippen LogP contribution in [-0.2, 0) is 11.2 Å². The van der Waals surface area contributed by atoms with Crippen molar-refractivity contribution in [3.8, 4) is 11.1 Å². The Kier molecular flexibility index (Phi) is 3.28. The number of carboxylic acid groups (broad SMARTS) is 1. The number of benzene rings is 2. The first-order valence-corrected chi connectivity index (χ1v) is 5.42. The average molecular weight is 245 g/mol. The van der Waals surface area contributed by atoms with E-state index in [4.69, 9.17) is 10.8 Å². The molecule has 3 N–H and O–H groups in total. The average Bonchev–Trinajstić information content (AvgIpc) is 2.31. The minimum atomic E-state index is -0.944. The molecule has 0 aliphatic rings. The van der Waals surface area contributed by atoms with E-state index in [2.05, 4.69) is 0 Å². The van der Waals surface area contributed by atoms with Crippen LogP contribution in [0.1, 0.15) is 5.56 Å². The molecule has 0 unspecified atom stereocenters. The topological polar surface area (TPSA) is 63.3 Å². The van der Waals surface area contributed by atoms with Crippen molar-refractivity contribution in [2.45, 2.75) is 6.42 Å². The lowest BCUT2D eigenvalue weighted by Gasteiger charge is -2.06. The molecule has 0 saturated carbocycles. The Bertz CT molecular complexity index is 596. The van der Waals surface area contributed by atoms with Crippen molar-refractivity contribution in [1.29, 1.82) is 0 Å². The zero-order chi connectivity index (χ0) is 13.1. The zero-order valence-corrected chi connectivity index (χ0v) is 9.56. The van der Waals surface area contributed by atoms with Gasteiger partial charge in [0.05, 0.1) is 6.42 Å². The van der Waals surface area contributed by atoms with Crippen LogP contribution in [0.4, 0.5) is 10.1 Å². The molecule has 0 aliphatic carbocycles. The van der Waals surface area contributed by atoms with Crippen LogP contribution in [0, 0.1) is 5.82 Å². The number of nitrogens with two attached hydrogens (primary N) is 1. The van der Waals surface area contributed by atoms with Crippen LogP contribution in [0.2, 0.25) is 0 Å². The van der Waals surface area contributed by atoms with Gasteiger partial charge in [-0.1, -0.05) is 18.2 Å². The summed E-state index contributed by atoms with van der Waals surface area (Å²) in [6, 6.07) is 11.1. The summed E-state index contributed by atoms with van der Waals surface area (Å²) in [6.45, 7) is 0. The highest BCUT2D eigenvalue weighted by Gasteiger charge is 2.08. The van der Waals surface area contributed by atoms with E-state index in [-0.39, 0.29) is 6.42 Å². The second kappa shape index (κ2) is 4.87. The zero-order valence-electron chi connectivity index (χ0n) is 9.56. The fourth-order valence-corrected chi connectivity index (χ4v) is 1.78. The molecule has 18 heavy (non-hydrogen) atoms. The predicted molar refractivity (Wildman–Crippen MR) is 67.6 cm³/mol. The number of nitrogen functional groups attached to an aromatic ring is 1. The Hall–Kier alpha value is -2.36. The molecule has 0 bridgehead atoms. The normalized spacial score (nSPS) is 10.3. The smallest absolute Gasteiger partial charge is 0.307 e. The third-order valence-corrected chi connectivity index (χ3v) is 2.58. The van der Waals surface area contributed by atoms with E-state index in [0.29, 0.717) is 22.4 Å². The molecule has 0 aliphatic heterocycles. The number of rotatable bonds is 3. The van der Waals surface area contributed by atoms with Crippen molar-refractivity contribution in [3.63, 3.8) is 0 Å². The summed E-state index contributed by atoms with van der Waals surface area (Å²) in [7, 11) is 0. The molecule has 4 heteroatoms. The van der Waals surface area contributed by atoms with Crippen LogP contribution in [0.25, 0.3) is 11.1 Å². The second-order valence-electron chi connectivity index (χ2n) is 4.01. The molecule has 0 fully saturated rings. The third-order valence-electron chi connectivity index (χ3n) is 2.58. The highest BCUT2D eigenvalue weighted by Crippen LogP contribution is 2.25. The Morgan fingerprint density at radius 2 is 2.00 bits per heavy atom. The van der Waals surface area contributed by atoms with E-state index in [1.165, 1.54) is 18.2 Å². The summed E-state index contributed by atoms with van der Waals surface area (Å²) in [6.07, 6.45) is -0.129. The molecule has 0 spiro atoms. The fraction of sp³-hybridized carbons (Fsp3) is 0.0714. The summed E-state index contributed by atoms with van der Waals surface area (Å²) >= 11 is 0. The Morgan fingerprint density at radius 1 is 1.22 bits per heavy atom.